The average molecular weight is 438 g/mol. The van der Waals surface area contributed by atoms with Crippen molar-refractivity contribution in [3.63, 3.8) is 0 Å². The Morgan fingerprint density at radius 1 is 1.10 bits per heavy atom. The summed E-state index contributed by atoms with van der Waals surface area (Å²) in [5, 5.41) is 11.3. The molecule has 0 bridgehead atoms. The molecule has 0 aliphatic carbocycles. The van der Waals surface area contributed by atoms with Crippen molar-refractivity contribution in [2.45, 2.75) is 24.7 Å². The number of halogens is 6. The molecule has 0 atom stereocenters. The summed E-state index contributed by atoms with van der Waals surface area (Å²) in [5.41, 5.74) is -3.40. The Morgan fingerprint density at radius 3 is 2.14 bits per heavy atom. The van der Waals surface area contributed by atoms with E-state index in [0.29, 0.717) is 18.3 Å². The van der Waals surface area contributed by atoms with E-state index in [2.05, 4.69) is 5.32 Å². The largest absolute Gasteiger partial charge is 0.468 e. The maximum absolute atomic E-state index is 12.8. The van der Waals surface area contributed by atoms with E-state index in [0.717, 1.165) is 0 Å². The van der Waals surface area contributed by atoms with Gasteiger partial charge < -0.3 is 9.73 Å². The molecule has 0 spiro atoms. The van der Waals surface area contributed by atoms with Crippen LogP contribution in [0.3, 0.4) is 0 Å². The lowest BCUT2D eigenvalue weighted by Crippen LogP contribution is -2.15. The predicted molar refractivity (Wildman–Crippen MR) is 88.3 cm³/mol. The zero-order valence-electron chi connectivity index (χ0n) is 14.3. The fourth-order valence-electron chi connectivity index (χ4n) is 2.23. The van der Waals surface area contributed by atoms with Gasteiger partial charge in [0.1, 0.15) is 17.6 Å². The van der Waals surface area contributed by atoms with Gasteiger partial charge in [-0.3, -0.25) is 0 Å². The first-order chi connectivity index (χ1) is 13.3. The van der Waals surface area contributed by atoms with Gasteiger partial charge in [0.15, 0.2) is 14.7 Å². The molecule has 5 nitrogen and oxygen atoms in total. The molecular weight excluding hydrogens is 426 g/mol. The van der Waals surface area contributed by atoms with Gasteiger partial charge in [-0.05, 0) is 35.9 Å². The third-order valence-electron chi connectivity index (χ3n) is 3.54. The molecule has 1 N–H and O–H groups in total. The second-order valence-corrected chi connectivity index (χ2v) is 7.71. The Bertz CT molecular complexity index is 1000. The molecular formula is C17H12F6N2O3S. The van der Waals surface area contributed by atoms with Crippen molar-refractivity contribution in [3.8, 4) is 6.07 Å². The Kier molecular flexibility index (Phi) is 6.32. The van der Waals surface area contributed by atoms with Gasteiger partial charge in [-0.2, -0.15) is 31.6 Å². The lowest BCUT2D eigenvalue weighted by molar-refractivity contribution is -0.143. The van der Waals surface area contributed by atoms with Crippen LogP contribution in [0.1, 0.15) is 22.5 Å². The normalized spacial score (nSPS) is 13.2. The molecule has 0 saturated heterocycles. The molecule has 0 radical (unpaired) electrons. The van der Waals surface area contributed by atoms with Crippen LogP contribution < -0.4 is 5.32 Å². The monoisotopic (exact) mass is 438 g/mol. The van der Waals surface area contributed by atoms with Crippen molar-refractivity contribution in [1.82, 2.24) is 5.32 Å². The standard InChI is InChI=1S/C17H12F6N2O3S/c18-16(19,20)12-4-11(5-13(6-12)17(21,22)23)8-25-9-15(7-24)29(26,27)10-14-2-1-3-28-14/h1-6,9,25H,8,10H2. The highest BCUT2D eigenvalue weighted by Gasteiger charge is 2.36. The quantitative estimate of drug-likeness (QED) is 0.535. The van der Waals surface area contributed by atoms with Crippen molar-refractivity contribution in [1.29, 1.82) is 5.26 Å². The van der Waals surface area contributed by atoms with Crippen LogP contribution in [0.2, 0.25) is 0 Å². The zero-order valence-corrected chi connectivity index (χ0v) is 15.1. The first-order valence-electron chi connectivity index (χ1n) is 7.70. The predicted octanol–water partition coefficient (Wildman–Crippen LogP) is 4.39. The number of allylic oxidation sites excluding steroid dienone is 1. The topological polar surface area (TPSA) is 83.1 Å². The highest BCUT2D eigenvalue weighted by molar-refractivity contribution is 7.94. The molecule has 2 rings (SSSR count). The van der Waals surface area contributed by atoms with Crippen LogP contribution >= 0.6 is 0 Å². The Morgan fingerprint density at radius 2 is 1.69 bits per heavy atom. The van der Waals surface area contributed by atoms with E-state index in [1.54, 1.807) is 0 Å². The van der Waals surface area contributed by atoms with Gasteiger partial charge in [0, 0.05) is 12.7 Å². The molecule has 1 aromatic carbocycles. The minimum atomic E-state index is -5.00. The lowest BCUT2D eigenvalue weighted by Gasteiger charge is -2.14. The third-order valence-corrected chi connectivity index (χ3v) is 5.09. The fraction of sp³-hybridized carbons (Fsp3) is 0.235. The minimum Gasteiger partial charge on any atom is -0.468 e. The zero-order chi connectivity index (χ0) is 21.9. The van der Waals surface area contributed by atoms with E-state index in [1.807, 2.05) is 0 Å². The fourth-order valence-corrected chi connectivity index (χ4v) is 3.33. The molecule has 0 amide bonds. The summed E-state index contributed by atoms with van der Waals surface area (Å²) < 4.78 is 106. The molecule has 0 unspecified atom stereocenters. The molecule has 1 aromatic heterocycles. The summed E-state index contributed by atoms with van der Waals surface area (Å²) in [6.45, 7) is -0.575. The van der Waals surface area contributed by atoms with Crippen molar-refractivity contribution >= 4 is 9.84 Å². The second kappa shape index (κ2) is 8.20. The highest BCUT2D eigenvalue weighted by atomic mass is 32.2. The summed E-state index contributed by atoms with van der Waals surface area (Å²) in [6.07, 6.45) is -8.07. The van der Waals surface area contributed by atoms with Gasteiger partial charge in [-0.25, -0.2) is 8.42 Å². The Hall–Kier alpha value is -2.94. The number of nitrogens with zero attached hydrogens (tertiary/aromatic N) is 1. The number of furan rings is 1. The van der Waals surface area contributed by atoms with E-state index >= 15 is 0 Å². The smallest absolute Gasteiger partial charge is 0.416 e. The first-order valence-corrected chi connectivity index (χ1v) is 9.35. The summed E-state index contributed by atoms with van der Waals surface area (Å²) in [4.78, 5) is -0.753. The van der Waals surface area contributed by atoms with Gasteiger partial charge >= 0.3 is 12.4 Å². The van der Waals surface area contributed by atoms with E-state index in [1.165, 1.54) is 24.5 Å². The minimum absolute atomic E-state index is 0.0200. The maximum atomic E-state index is 12.8. The van der Waals surface area contributed by atoms with Crippen LogP contribution in [0.4, 0.5) is 26.3 Å². The second-order valence-electron chi connectivity index (χ2n) is 5.75. The molecule has 1 heterocycles. The van der Waals surface area contributed by atoms with E-state index in [-0.39, 0.29) is 11.8 Å². The van der Waals surface area contributed by atoms with E-state index < -0.39 is 56.1 Å². The van der Waals surface area contributed by atoms with Crippen LogP contribution in [0.5, 0.6) is 0 Å². The van der Waals surface area contributed by atoms with Crippen LogP contribution in [0.25, 0.3) is 0 Å². The molecule has 156 valence electrons. The highest BCUT2D eigenvalue weighted by Crippen LogP contribution is 2.36. The number of alkyl halides is 6. The van der Waals surface area contributed by atoms with E-state index in [9.17, 15) is 34.8 Å². The number of nitrogens with one attached hydrogen (secondary N) is 1. The summed E-state index contributed by atoms with van der Waals surface area (Å²) in [5.74, 6) is -0.582. The van der Waals surface area contributed by atoms with Crippen LogP contribution in [0, 0.1) is 11.3 Å². The molecule has 0 aliphatic heterocycles. The third kappa shape index (κ3) is 6.02. The Balaban J connectivity index is 2.24. The number of benzene rings is 1. The SMILES string of the molecule is N#CC(=CNCc1cc(C(F)(F)F)cc(C(F)(F)F)c1)S(=O)(=O)Cc1ccco1. The number of rotatable bonds is 6. The summed E-state index contributed by atoms with van der Waals surface area (Å²) >= 11 is 0. The molecule has 0 aliphatic rings. The molecule has 12 heteroatoms. The van der Waals surface area contributed by atoms with Crippen LogP contribution in [-0.4, -0.2) is 8.42 Å². The number of hydrogen-bond acceptors (Lipinski definition) is 5. The van der Waals surface area contributed by atoms with Crippen molar-refractivity contribution in [2.24, 2.45) is 0 Å². The van der Waals surface area contributed by atoms with Gasteiger partial charge in [-0.15, -0.1) is 0 Å². The van der Waals surface area contributed by atoms with Gasteiger partial charge in [0.2, 0.25) is 0 Å². The van der Waals surface area contributed by atoms with Crippen LogP contribution in [0.15, 0.2) is 52.1 Å². The lowest BCUT2D eigenvalue weighted by atomic mass is 10.0. The molecule has 29 heavy (non-hydrogen) atoms. The van der Waals surface area contributed by atoms with Gasteiger partial charge in [-0.1, -0.05) is 0 Å². The molecule has 2 aromatic rings. The van der Waals surface area contributed by atoms with Gasteiger partial charge in [0.25, 0.3) is 0 Å². The number of hydrogen-bond donors (Lipinski definition) is 1. The van der Waals surface area contributed by atoms with E-state index in [4.69, 9.17) is 9.68 Å². The molecule has 0 fully saturated rings. The average Bonchev–Trinajstić information content (AvgIpc) is 3.09. The summed E-state index contributed by atoms with van der Waals surface area (Å²) in [7, 11) is -4.13. The Labute approximate surface area is 161 Å². The van der Waals surface area contributed by atoms with Crippen molar-refractivity contribution < 1.29 is 39.2 Å². The number of sulfone groups is 1. The summed E-state index contributed by atoms with van der Waals surface area (Å²) in [6, 6.07) is 5.20. The van der Waals surface area contributed by atoms with Crippen LogP contribution in [-0.2, 0) is 34.5 Å². The first kappa shape index (κ1) is 22.4. The van der Waals surface area contributed by atoms with Crippen molar-refractivity contribution in [3.05, 3.63) is 70.2 Å². The molecule has 0 saturated carbocycles. The maximum Gasteiger partial charge on any atom is 0.416 e. The number of nitriles is 1. The van der Waals surface area contributed by atoms with Gasteiger partial charge in [0.05, 0.1) is 17.4 Å². The van der Waals surface area contributed by atoms with Crippen molar-refractivity contribution in [2.75, 3.05) is 0 Å².